The van der Waals surface area contributed by atoms with Gasteiger partial charge in [-0.3, -0.25) is 9.69 Å². The number of morpholine rings is 1. The van der Waals surface area contributed by atoms with E-state index in [4.69, 9.17) is 4.74 Å². The van der Waals surface area contributed by atoms with Crippen LogP contribution in [0.1, 0.15) is 48.0 Å². The number of ether oxygens (including phenoxy) is 1. The molecule has 3 amide bonds. The second-order valence-electron chi connectivity index (χ2n) is 8.65. The van der Waals surface area contributed by atoms with E-state index in [-0.39, 0.29) is 11.9 Å². The normalized spacial score (nSPS) is 21.5. The molecule has 0 unspecified atom stereocenters. The lowest BCUT2D eigenvalue weighted by molar-refractivity contribution is 0.0341. The average Bonchev–Trinajstić information content (AvgIpc) is 2.80. The number of nitrogens with zero attached hydrogens (tertiary/aromatic N) is 3. The number of benzene rings is 1. The lowest BCUT2D eigenvalue weighted by Gasteiger charge is -2.36. The Bertz CT molecular complexity index is 721. The number of amides is 3. The van der Waals surface area contributed by atoms with E-state index in [9.17, 15) is 9.59 Å². The molecule has 1 saturated carbocycles. The molecule has 0 radical (unpaired) electrons. The van der Waals surface area contributed by atoms with Crippen molar-refractivity contribution < 1.29 is 14.3 Å². The first-order valence-corrected chi connectivity index (χ1v) is 11.4. The van der Waals surface area contributed by atoms with E-state index in [0.717, 1.165) is 56.8 Å². The van der Waals surface area contributed by atoms with Crippen molar-refractivity contribution in [2.45, 2.75) is 44.7 Å². The first-order chi connectivity index (χ1) is 14.7. The minimum Gasteiger partial charge on any atom is -0.379 e. The summed E-state index contributed by atoms with van der Waals surface area (Å²) in [7, 11) is 0. The van der Waals surface area contributed by atoms with Gasteiger partial charge in [-0.15, -0.1) is 0 Å². The van der Waals surface area contributed by atoms with Gasteiger partial charge in [-0.2, -0.15) is 0 Å². The Kier molecular flexibility index (Phi) is 7.23. The Morgan fingerprint density at radius 3 is 2.37 bits per heavy atom. The molecule has 4 rings (SSSR count). The largest absolute Gasteiger partial charge is 0.379 e. The van der Waals surface area contributed by atoms with Crippen LogP contribution in [0, 0.1) is 0 Å². The lowest BCUT2D eigenvalue weighted by Crippen LogP contribution is -2.54. The van der Waals surface area contributed by atoms with Crippen LogP contribution >= 0.6 is 0 Å². The van der Waals surface area contributed by atoms with Gasteiger partial charge in [0.1, 0.15) is 0 Å². The maximum Gasteiger partial charge on any atom is 0.317 e. The van der Waals surface area contributed by atoms with Crippen molar-refractivity contribution >= 4 is 11.9 Å². The Hall–Kier alpha value is -2.12. The average molecular weight is 415 g/mol. The van der Waals surface area contributed by atoms with Gasteiger partial charge in [-0.1, -0.05) is 31.4 Å². The Balaban J connectivity index is 1.27. The van der Waals surface area contributed by atoms with Gasteiger partial charge in [0.25, 0.3) is 5.91 Å². The quantitative estimate of drug-likeness (QED) is 0.821. The van der Waals surface area contributed by atoms with Crippen molar-refractivity contribution in [2.24, 2.45) is 0 Å². The predicted octanol–water partition coefficient (Wildman–Crippen LogP) is 2.32. The summed E-state index contributed by atoms with van der Waals surface area (Å²) < 4.78 is 5.41. The number of hydrogen-bond donors (Lipinski definition) is 1. The fourth-order valence-corrected chi connectivity index (χ4v) is 4.63. The first kappa shape index (κ1) is 21.1. The van der Waals surface area contributed by atoms with E-state index in [1.54, 1.807) is 0 Å². The summed E-state index contributed by atoms with van der Waals surface area (Å²) in [6, 6.07) is 8.31. The van der Waals surface area contributed by atoms with Crippen molar-refractivity contribution in [1.29, 1.82) is 0 Å². The summed E-state index contributed by atoms with van der Waals surface area (Å²) in [5.41, 5.74) is 1.90. The third kappa shape index (κ3) is 5.52. The molecular weight excluding hydrogens is 380 g/mol. The summed E-state index contributed by atoms with van der Waals surface area (Å²) in [6.07, 6.45) is 5.87. The van der Waals surface area contributed by atoms with Crippen LogP contribution in [-0.4, -0.2) is 85.2 Å². The van der Waals surface area contributed by atoms with Crippen LogP contribution in [-0.2, 0) is 11.3 Å². The Morgan fingerprint density at radius 2 is 1.63 bits per heavy atom. The summed E-state index contributed by atoms with van der Waals surface area (Å²) in [4.78, 5) is 31.6. The molecule has 7 nitrogen and oxygen atoms in total. The van der Waals surface area contributed by atoms with Crippen LogP contribution in [0.25, 0.3) is 0 Å². The van der Waals surface area contributed by atoms with Gasteiger partial charge in [-0.05, 0) is 30.5 Å². The van der Waals surface area contributed by atoms with Gasteiger partial charge in [-0.25, -0.2) is 4.79 Å². The van der Waals surface area contributed by atoms with E-state index in [0.29, 0.717) is 32.2 Å². The SMILES string of the molecule is O=C(NC1CCCCC1)N1CCN(C(=O)c2cccc(CN3CCOCC3)c2)CC1. The third-order valence-corrected chi connectivity index (χ3v) is 6.47. The molecule has 30 heavy (non-hydrogen) atoms. The Labute approximate surface area is 179 Å². The molecule has 1 N–H and O–H groups in total. The Morgan fingerprint density at radius 1 is 0.933 bits per heavy atom. The lowest BCUT2D eigenvalue weighted by atomic mass is 9.96. The summed E-state index contributed by atoms with van der Waals surface area (Å²) in [5.74, 6) is 0.0613. The fraction of sp³-hybridized carbons (Fsp3) is 0.652. The number of carbonyl (C=O) groups excluding carboxylic acids is 2. The van der Waals surface area contributed by atoms with E-state index < -0.39 is 0 Å². The van der Waals surface area contributed by atoms with E-state index >= 15 is 0 Å². The fourth-order valence-electron chi connectivity index (χ4n) is 4.63. The van der Waals surface area contributed by atoms with Crippen LogP contribution in [0.3, 0.4) is 0 Å². The van der Waals surface area contributed by atoms with Crippen molar-refractivity contribution in [3.8, 4) is 0 Å². The molecule has 2 saturated heterocycles. The first-order valence-electron chi connectivity index (χ1n) is 11.4. The summed E-state index contributed by atoms with van der Waals surface area (Å²) in [6.45, 7) is 6.63. The molecule has 2 aliphatic heterocycles. The molecule has 2 heterocycles. The number of rotatable bonds is 4. The molecular formula is C23H34N4O3. The van der Waals surface area contributed by atoms with Crippen LogP contribution in [0.4, 0.5) is 4.79 Å². The van der Waals surface area contributed by atoms with Gasteiger partial charge < -0.3 is 19.9 Å². The smallest absolute Gasteiger partial charge is 0.317 e. The standard InChI is InChI=1S/C23H34N4O3/c28-22(20-6-4-5-19(17-20)18-25-13-15-30-16-14-25)26-9-11-27(12-10-26)23(29)24-21-7-2-1-3-8-21/h4-6,17,21H,1-3,7-16,18H2,(H,24,29). The molecule has 0 aromatic heterocycles. The van der Waals surface area contributed by atoms with Crippen LogP contribution < -0.4 is 5.32 Å². The van der Waals surface area contributed by atoms with Gasteiger partial charge in [0.2, 0.25) is 0 Å². The molecule has 3 fully saturated rings. The zero-order valence-corrected chi connectivity index (χ0v) is 17.9. The van der Waals surface area contributed by atoms with E-state index in [1.165, 1.54) is 19.3 Å². The van der Waals surface area contributed by atoms with Gasteiger partial charge in [0.05, 0.1) is 13.2 Å². The van der Waals surface area contributed by atoms with Crippen LogP contribution in [0.2, 0.25) is 0 Å². The van der Waals surface area contributed by atoms with Gasteiger partial charge in [0, 0.05) is 57.4 Å². The zero-order valence-electron chi connectivity index (χ0n) is 17.9. The van der Waals surface area contributed by atoms with Crippen molar-refractivity contribution in [2.75, 3.05) is 52.5 Å². The number of hydrogen-bond acceptors (Lipinski definition) is 4. The highest BCUT2D eigenvalue weighted by atomic mass is 16.5. The molecule has 1 aromatic rings. The molecule has 0 spiro atoms. The number of nitrogens with one attached hydrogen (secondary N) is 1. The minimum absolute atomic E-state index is 0.0292. The highest BCUT2D eigenvalue weighted by Crippen LogP contribution is 2.18. The topological polar surface area (TPSA) is 65.1 Å². The number of carbonyl (C=O) groups is 2. The molecule has 7 heteroatoms. The number of piperazine rings is 1. The van der Waals surface area contributed by atoms with Gasteiger partial charge >= 0.3 is 6.03 Å². The van der Waals surface area contributed by atoms with Crippen molar-refractivity contribution in [3.05, 3.63) is 35.4 Å². The monoisotopic (exact) mass is 414 g/mol. The maximum absolute atomic E-state index is 13.0. The molecule has 0 bridgehead atoms. The van der Waals surface area contributed by atoms with Crippen LogP contribution in [0.15, 0.2) is 24.3 Å². The molecule has 0 atom stereocenters. The third-order valence-electron chi connectivity index (χ3n) is 6.47. The molecule has 3 aliphatic rings. The highest BCUT2D eigenvalue weighted by Gasteiger charge is 2.26. The van der Waals surface area contributed by atoms with E-state index in [2.05, 4.69) is 16.3 Å². The molecule has 1 aliphatic carbocycles. The molecule has 164 valence electrons. The maximum atomic E-state index is 13.0. The van der Waals surface area contributed by atoms with Crippen molar-refractivity contribution in [1.82, 2.24) is 20.0 Å². The number of urea groups is 1. The predicted molar refractivity (Wildman–Crippen MR) is 115 cm³/mol. The second kappa shape index (κ2) is 10.3. The second-order valence-corrected chi connectivity index (χ2v) is 8.65. The highest BCUT2D eigenvalue weighted by molar-refractivity contribution is 5.94. The zero-order chi connectivity index (χ0) is 20.8. The van der Waals surface area contributed by atoms with E-state index in [1.807, 2.05) is 28.0 Å². The van der Waals surface area contributed by atoms with Crippen LogP contribution in [0.5, 0.6) is 0 Å². The van der Waals surface area contributed by atoms with Gasteiger partial charge in [0.15, 0.2) is 0 Å². The minimum atomic E-state index is 0.0292. The summed E-state index contributed by atoms with van der Waals surface area (Å²) >= 11 is 0. The van der Waals surface area contributed by atoms with Crippen molar-refractivity contribution in [3.63, 3.8) is 0 Å². The molecule has 1 aromatic carbocycles. The summed E-state index contributed by atoms with van der Waals surface area (Å²) in [5, 5.41) is 3.18.